The Kier molecular flexibility index (Phi) is 7.10. The summed E-state index contributed by atoms with van der Waals surface area (Å²) in [5, 5.41) is 6.43. The molecule has 0 bridgehead atoms. The zero-order valence-corrected chi connectivity index (χ0v) is 21.6. The number of ether oxygens (including phenoxy) is 1. The Morgan fingerprint density at radius 3 is 2.35 bits per heavy atom. The first kappa shape index (κ1) is 24.8. The van der Waals surface area contributed by atoms with Gasteiger partial charge in [-0.25, -0.2) is 4.79 Å². The summed E-state index contributed by atoms with van der Waals surface area (Å²) in [7, 11) is 1.34. The second kappa shape index (κ2) is 10.6. The number of piperidine rings is 1. The van der Waals surface area contributed by atoms with Gasteiger partial charge in [0.2, 0.25) is 0 Å². The molecule has 5 rings (SSSR count). The third-order valence-electron chi connectivity index (χ3n) is 7.46. The zero-order valence-electron chi connectivity index (χ0n) is 21.6. The summed E-state index contributed by atoms with van der Waals surface area (Å²) >= 11 is 0. The van der Waals surface area contributed by atoms with Gasteiger partial charge in [0.05, 0.1) is 29.6 Å². The van der Waals surface area contributed by atoms with E-state index in [9.17, 15) is 9.59 Å². The molecule has 2 atom stereocenters. The molecule has 190 valence electrons. The highest BCUT2D eigenvalue weighted by Crippen LogP contribution is 2.38. The van der Waals surface area contributed by atoms with Gasteiger partial charge in [-0.2, -0.15) is 0 Å². The van der Waals surface area contributed by atoms with Crippen LogP contribution in [0, 0.1) is 0 Å². The number of carbonyl (C=O) groups excluding carboxylic acids is 2. The fourth-order valence-corrected chi connectivity index (χ4v) is 5.38. The van der Waals surface area contributed by atoms with Crippen LogP contribution in [0.15, 0.2) is 72.8 Å². The van der Waals surface area contributed by atoms with Crippen molar-refractivity contribution in [3.8, 4) is 0 Å². The Morgan fingerprint density at radius 1 is 0.973 bits per heavy atom. The maximum Gasteiger partial charge on any atom is 0.337 e. The molecule has 2 aliphatic rings. The number of hydrogen-bond donors (Lipinski definition) is 2. The predicted octanol–water partition coefficient (Wildman–Crippen LogP) is 6.17. The molecule has 37 heavy (non-hydrogen) atoms. The second-order valence-electron chi connectivity index (χ2n) is 9.95. The van der Waals surface area contributed by atoms with Crippen LogP contribution in [0.3, 0.4) is 0 Å². The van der Waals surface area contributed by atoms with E-state index in [0.717, 1.165) is 23.4 Å². The van der Waals surface area contributed by atoms with E-state index in [1.807, 2.05) is 30.3 Å². The number of anilines is 2. The zero-order chi connectivity index (χ0) is 25.9. The first-order chi connectivity index (χ1) is 17.9. The lowest BCUT2D eigenvalue weighted by Crippen LogP contribution is -2.42. The van der Waals surface area contributed by atoms with Crippen LogP contribution in [0.2, 0.25) is 0 Å². The molecule has 3 aromatic carbocycles. The van der Waals surface area contributed by atoms with Gasteiger partial charge in [0.25, 0.3) is 5.91 Å². The molecule has 0 saturated carbocycles. The van der Waals surface area contributed by atoms with Crippen molar-refractivity contribution >= 4 is 34.5 Å². The highest BCUT2D eigenvalue weighted by molar-refractivity contribution is 6.37. The molecule has 1 amide bonds. The average Bonchev–Trinajstić information content (AvgIpc) is 3.25. The molecule has 0 radical (unpaired) electrons. The molecule has 1 saturated heterocycles. The minimum Gasteiger partial charge on any atom is -0.465 e. The molecule has 2 N–H and O–H groups in total. The highest BCUT2D eigenvalue weighted by Gasteiger charge is 2.29. The van der Waals surface area contributed by atoms with Crippen LogP contribution in [0.4, 0.5) is 11.4 Å². The van der Waals surface area contributed by atoms with Gasteiger partial charge < -0.3 is 15.4 Å². The van der Waals surface area contributed by atoms with Gasteiger partial charge in [0.15, 0.2) is 0 Å². The molecule has 6 heteroatoms. The van der Waals surface area contributed by atoms with Crippen molar-refractivity contribution in [2.24, 2.45) is 0 Å². The van der Waals surface area contributed by atoms with Crippen molar-refractivity contribution in [3.63, 3.8) is 0 Å². The summed E-state index contributed by atoms with van der Waals surface area (Å²) in [6, 6.07) is 24.6. The molecule has 0 aromatic heterocycles. The SMILES string of the molecule is COC(=O)c1ccc2c(c1)NC(=O)C2=C(Nc1ccc(CN2C(C)CCCC2C)cc1)c1ccccc1. The van der Waals surface area contributed by atoms with Crippen LogP contribution in [0.1, 0.15) is 60.2 Å². The maximum atomic E-state index is 13.2. The largest absolute Gasteiger partial charge is 0.465 e. The lowest BCUT2D eigenvalue weighted by atomic mass is 9.96. The number of carbonyl (C=O) groups is 2. The van der Waals surface area contributed by atoms with Gasteiger partial charge in [-0.3, -0.25) is 9.69 Å². The van der Waals surface area contributed by atoms with E-state index >= 15 is 0 Å². The van der Waals surface area contributed by atoms with E-state index in [4.69, 9.17) is 4.74 Å². The van der Waals surface area contributed by atoms with Crippen molar-refractivity contribution in [2.45, 2.75) is 51.7 Å². The molecule has 0 aliphatic carbocycles. The van der Waals surface area contributed by atoms with Crippen LogP contribution in [0.25, 0.3) is 11.3 Å². The Balaban J connectivity index is 1.47. The van der Waals surface area contributed by atoms with E-state index in [1.54, 1.807) is 18.2 Å². The van der Waals surface area contributed by atoms with E-state index in [-0.39, 0.29) is 5.91 Å². The molecule has 2 unspecified atom stereocenters. The first-order valence-corrected chi connectivity index (χ1v) is 12.9. The van der Waals surface area contributed by atoms with Crippen molar-refractivity contribution in [3.05, 3.63) is 95.1 Å². The van der Waals surface area contributed by atoms with E-state index in [1.165, 1.54) is 31.9 Å². The summed E-state index contributed by atoms with van der Waals surface area (Å²) < 4.78 is 4.84. The third kappa shape index (κ3) is 5.16. The average molecular weight is 496 g/mol. The number of nitrogens with zero attached hydrogens (tertiary/aromatic N) is 1. The van der Waals surface area contributed by atoms with E-state index in [0.29, 0.717) is 34.6 Å². The molecule has 6 nitrogen and oxygen atoms in total. The van der Waals surface area contributed by atoms with Crippen molar-refractivity contribution in [2.75, 3.05) is 17.7 Å². The number of likely N-dealkylation sites (tertiary alicyclic amines) is 1. The second-order valence-corrected chi connectivity index (χ2v) is 9.95. The summed E-state index contributed by atoms with van der Waals surface area (Å²) in [6.07, 6.45) is 3.81. The van der Waals surface area contributed by atoms with Gasteiger partial charge in [-0.05, 0) is 62.1 Å². The van der Waals surface area contributed by atoms with Crippen LogP contribution >= 0.6 is 0 Å². The van der Waals surface area contributed by atoms with Gasteiger partial charge in [-0.1, -0.05) is 55.0 Å². The fraction of sp³-hybridized carbons (Fsp3) is 0.290. The minimum atomic E-state index is -0.440. The van der Waals surface area contributed by atoms with Gasteiger partial charge in [0, 0.05) is 29.9 Å². The predicted molar refractivity (Wildman–Crippen MR) is 148 cm³/mol. The fourth-order valence-electron chi connectivity index (χ4n) is 5.38. The standard InChI is InChI=1S/C31H33N3O3/c1-20-8-7-9-21(2)34(20)19-22-12-15-25(16-13-22)32-29(23-10-5-4-6-11-23)28-26-17-14-24(31(36)37-3)18-27(26)33-30(28)35/h4-6,10-18,20-21,32H,7-9,19H2,1-3H3,(H,33,35). The first-order valence-electron chi connectivity index (χ1n) is 12.9. The third-order valence-corrected chi connectivity index (χ3v) is 7.46. The minimum absolute atomic E-state index is 0.215. The number of benzene rings is 3. The van der Waals surface area contributed by atoms with Crippen molar-refractivity contribution < 1.29 is 14.3 Å². The highest BCUT2D eigenvalue weighted by atomic mass is 16.5. The monoisotopic (exact) mass is 495 g/mol. The van der Waals surface area contributed by atoms with Crippen molar-refractivity contribution in [1.82, 2.24) is 4.90 Å². The number of methoxy groups -OCH3 is 1. The van der Waals surface area contributed by atoms with Crippen LogP contribution in [0.5, 0.6) is 0 Å². The number of hydrogen-bond acceptors (Lipinski definition) is 5. The number of nitrogens with one attached hydrogen (secondary N) is 2. The number of rotatable bonds is 6. The summed E-state index contributed by atoms with van der Waals surface area (Å²) in [6.45, 7) is 5.58. The Hall–Kier alpha value is -3.90. The molecule has 3 aromatic rings. The molecule has 2 aliphatic heterocycles. The molecule has 0 spiro atoms. The number of fused-ring (bicyclic) bond motifs is 1. The maximum absolute atomic E-state index is 13.2. The number of amides is 1. The lowest BCUT2D eigenvalue weighted by Gasteiger charge is -2.39. The summed E-state index contributed by atoms with van der Waals surface area (Å²) in [5.74, 6) is -0.655. The Morgan fingerprint density at radius 2 is 1.68 bits per heavy atom. The van der Waals surface area contributed by atoms with E-state index < -0.39 is 5.97 Å². The quantitative estimate of drug-likeness (QED) is 0.316. The van der Waals surface area contributed by atoms with Gasteiger partial charge in [-0.15, -0.1) is 0 Å². The Bertz CT molecular complexity index is 1320. The molecular weight excluding hydrogens is 462 g/mol. The van der Waals surface area contributed by atoms with Gasteiger partial charge >= 0.3 is 5.97 Å². The van der Waals surface area contributed by atoms with Crippen LogP contribution in [-0.4, -0.2) is 36.0 Å². The number of esters is 1. The lowest BCUT2D eigenvalue weighted by molar-refractivity contribution is -0.110. The van der Waals surface area contributed by atoms with Gasteiger partial charge in [0.1, 0.15) is 0 Å². The summed E-state index contributed by atoms with van der Waals surface area (Å²) in [5.41, 5.74) is 6.07. The van der Waals surface area contributed by atoms with Crippen LogP contribution in [-0.2, 0) is 16.1 Å². The topological polar surface area (TPSA) is 70.7 Å². The molecule has 2 heterocycles. The summed E-state index contributed by atoms with van der Waals surface area (Å²) in [4.78, 5) is 27.8. The molecule has 1 fully saturated rings. The Labute approximate surface area is 218 Å². The van der Waals surface area contributed by atoms with Crippen molar-refractivity contribution in [1.29, 1.82) is 0 Å². The van der Waals surface area contributed by atoms with E-state index in [2.05, 4.69) is 53.6 Å². The smallest absolute Gasteiger partial charge is 0.337 e. The van der Waals surface area contributed by atoms with Crippen LogP contribution < -0.4 is 10.6 Å². The normalized spacial score (nSPS) is 20.7. The molecular formula is C31H33N3O3.